The lowest BCUT2D eigenvalue weighted by atomic mass is 10.0. The Morgan fingerprint density at radius 2 is 1.89 bits per heavy atom. The second kappa shape index (κ2) is 7.95. The van der Waals surface area contributed by atoms with Gasteiger partial charge in [-0.2, -0.15) is 4.39 Å². The number of hydrogen-bond donors (Lipinski definition) is 0. The summed E-state index contributed by atoms with van der Waals surface area (Å²) in [5.74, 6) is -1.37. The molecule has 148 valence electrons. The minimum atomic E-state index is -0.580. The van der Waals surface area contributed by atoms with Gasteiger partial charge in [0.05, 0.1) is 5.56 Å². The Morgan fingerprint density at radius 1 is 1.11 bits per heavy atom. The molecule has 2 aliphatic rings. The highest BCUT2D eigenvalue weighted by Gasteiger charge is 2.33. The molecule has 2 saturated heterocycles. The number of amides is 1. The summed E-state index contributed by atoms with van der Waals surface area (Å²) < 4.78 is 27.8. The van der Waals surface area contributed by atoms with E-state index < -0.39 is 11.8 Å². The average molecular weight is 385 g/mol. The van der Waals surface area contributed by atoms with Crippen molar-refractivity contribution >= 4 is 5.91 Å². The van der Waals surface area contributed by atoms with Crippen LogP contribution in [0.15, 0.2) is 36.5 Å². The Bertz CT molecular complexity index is 855. The number of benzene rings is 1. The maximum Gasteiger partial charge on any atom is 0.257 e. The summed E-state index contributed by atoms with van der Waals surface area (Å²) in [6.07, 6.45) is 5.69. The second-order valence-electron chi connectivity index (χ2n) is 7.85. The number of carbonyl (C=O) groups is 1. The van der Waals surface area contributed by atoms with Gasteiger partial charge in [0.25, 0.3) is 5.91 Å². The summed E-state index contributed by atoms with van der Waals surface area (Å²) in [4.78, 5) is 20.9. The number of halogens is 2. The van der Waals surface area contributed by atoms with Crippen LogP contribution in [0.5, 0.6) is 0 Å². The van der Waals surface area contributed by atoms with Crippen LogP contribution in [-0.4, -0.2) is 52.4 Å². The van der Waals surface area contributed by atoms with Crippen LogP contribution in [0.1, 0.15) is 43.0 Å². The number of aromatic nitrogens is 1. The molecule has 0 spiro atoms. The first-order valence-corrected chi connectivity index (χ1v) is 9.99. The maximum absolute atomic E-state index is 14.8. The minimum Gasteiger partial charge on any atom is -0.334 e. The van der Waals surface area contributed by atoms with Crippen molar-refractivity contribution in [2.24, 2.45) is 0 Å². The molecule has 0 aliphatic carbocycles. The molecule has 1 aromatic heterocycles. The van der Waals surface area contributed by atoms with Gasteiger partial charge in [-0.1, -0.05) is 6.07 Å². The number of nitrogens with zero attached hydrogens (tertiary/aromatic N) is 3. The van der Waals surface area contributed by atoms with E-state index in [9.17, 15) is 13.6 Å². The SMILES string of the molecule is CC1CCCN1CC1CCCN1C(=O)c1ccc(-c2ccc(F)nc2)cc1F. The zero-order valence-corrected chi connectivity index (χ0v) is 16.1. The van der Waals surface area contributed by atoms with Gasteiger partial charge in [-0.3, -0.25) is 9.69 Å². The van der Waals surface area contributed by atoms with Gasteiger partial charge in [-0.05, 0) is 69.0 Å². The Morgan fingerprint density at radius 3 is 2.57 bits per heavy atom. The fraction of sp³-hybridized carbons (Fsp3) is 0.455. The van der Waals surface area contributed by atoms with Crippen molar-refractivity contribution in [2.45, 2.75) is 44.7 Å². The summed E-state index contributed by atoms with van der Waals surface area (Å²) in [5, 5.41) is 0. The third kappa shape index (κ3) is 3.78. The topological polar surface area (TPSA) is 36.4 Å². The summed E-state index contributed by atoms with van der Waals surface area (Å²) in [5.41, 5.74) is 1.28. The lowest BCUT2D eigenvalue weighted by molar-refractivity contribution is 0.0692. The molecule has 2 aliphatic heterocycles. The van der Waals surface area contributed by atoms with E-state index in [4.69, 9.17) is 0 Å². The zero-order valence-electron chi connectivity index (χ0n) is 16.1. The molecule has 2 aromatic rings. The van der Waals surface area contributed by atoms with Crippen molar-refractivity contribution in [1.29, 1.82) is 0 Å². The molecular formula is C22H25F2N3O. The Kier molecular flexibility index (Phi) is 5.40. The molecule has 2 unspecified atom stereocenters. The number of pyridine rings is 1. The monoisotopic (exact) mass is 385 g/mol. The van der Waals surface area contributed by atoms with Crippen molar-refractivity contribution in [3.63, 3.8) is 0 Å². The minimum absolute atomic E-state index is 0.0974. The number of rotatable bonds is 4. The van der Waals surface area contributed by atoms with Gasteiger partial charge in [0.2, 0.25) is 5.95 Å². The quantitative estimate of drug-likeness (QED) is 0.743. The Labute approximate surface area is 164 Å². The lowest BCUT2D eigenvalue weighted by Gasteiger charge is -2.31. The van der Waals surface area contributed by atoms with Crippen LogP contribution in [0, 0.1) is 11.8 Å². The number of carbonyl (C=O) groups excluding carboxylic acids is 1. The first-order valence-electron chi connectivity index (χ1n) is 9.99. The first kappa shape index (κ1) is 19.0. The summed E-state index contributed by atoms with van der Waals surface area (Å²) in [7, 11) is 0. The largest absolute Gasteiger partial charge is 0.334 e. The van der Waals surface area contributed by atoms with Crippen molar-refractivity contribution in [1.82, 2.24) is 14.8 Å². The van der Waals surface area contributed by atoms with Crippen LogP contribution in [-0.2, 0) is 0 Å². The smallest absolute Gasteiger partial charge is 0.257 e. The van der Waals surface area contributed by atoms with E-state index in [0.29, 0.717) is 23.7 Å². The molecular weight excluding hydrogens is 360 g/mol. The highest BCUT2D eigenvalue weighted by atomic mass is 19.1. The van der Waals surface area contributed by atoms with Gasteiger partial charge in [0.15, 0.2) is 0 Å². The fourth-order valence-electron chi connectivity index (χ4n) is 4.40. The molecule has 4 rings (SSSR count). The number of likely N-dealkylation sites (tertiary alicyclic amines) is 2. The van der Waals surface area contributed by atoms with Crippen LogP contribution in [0.3, 0.4) is 0 Å². The first-order chi connectivity index (χ1) is 13.5. The van der Waals surface area contributed by atoms with Gasteiger partial charge in [-0.15, -0.1) is 0 Å². The van der Waals surface area contributed by atoms with E-state index in [1.807, 2.05) is 4.90 Å². The van der Waals surface area contributed by atoms with Crippen LogP contribution in [0.4, 0.5) is 8.78 Å². The van der Waals surface area contributed by atoms with E-state index in [-0.39, 0.29) is 17.5 Å². The molecule has 6 heteroatoms. The van der Waals surface area contributed by atoms with Gasteiger partial charge in [0, 0.05) is 36.9 Å². The van der Waals surface area contributed by atoms with E-state index in [0.717, 1.165) is 25.9 Å². The highest BCUT2D eigenvalue weighted by Crippen LogP contribution is 2.27. The molecule has 1 amide bonds. The molecule has 3 heterocycles. The van der Waals surface area contributed by atoms with Crippen molar-refractivity contribution in [3.8, 4) is 11.1 Å². The summed E-state index contributed by atoms with van der Waals surface area (Å²) in [6, 6.07) is 8.04. The van der Waals surface area contributed by atoms with Crippen molar-refractivity contribution in [3.05, 3.63) is 53.9 Å². The molecule has 28 heavy (non-hydrogen) atoms. The van der Waals surface area contributed by atoms with Crippen LogP contribution in [0.2, 0.25) is 0 Å². The predicted molar refractivity (Wildman–Crippen MR) is 104 cm³/mol. The molecule has 2 atom stereocenters. The molecule has 1 aromatic carbocycles. The molecule has 0 radical (unpaired) electrons. The summed E-state index contributed by atoms with van der Waals surface area (Å²) >= 11 is 0. The van der Waals surface area contributed by atoms with Crippen LogP contribution < -0.4 is 0 Å². The van der Waals surface area contributed by atoms with Crippen molar-refractivity contribution < 1.29 is 13.6 Å². The van der Waals surface area contributed by atoms with Crippen LogP contribution in [0.25, 0.3) is 11.1 Å². The predicted octanol–water partition coefficient (Wildman–Crippen LogP) is 4.12. The molecule has 0 saturated carbocycles. The fourth-order valence-corrected chi connectivity index (χ4v) is 4.40. The Balaban J connectivity index is 1.51. The third-order valence-electron chi connectivity index (χ3n) is 6.03. The van der Waals surface area contributed by atoms with Crippen LogP contribution >= 0.6 is 0 Å². The highest BCUT2D eigenvalue weighted by molar-refractivity contribution is 5.95. The molecule has 4 nitrogen and oxygen atoms in total. The molecule has 2 fully saturated rings. The second-order valence-corrected chi connectivity index (χ2v) is 7.85. The zero-order chi connectivity index (χ0) is 19.7. The molecule has 0 N–H and O–H groups in total. The van der Waals surface area contributed by atoms with Gasteiger partial charge in [0.1, 0.15) is 5.82 Å². The molecule has 0 bridgehead atoms. The van der Waals surface area contributed by atoms with E-state index in [1.165, 1.54) is 37.2 Å². The van der Waals surface area contributed by atoms with Gasteiger partial charge >= 0.3 is 0 Å². The standard InChI is InChI=1S/C22H25F2N3O/c1-15-4-2-10-26(15)14-18-5-3-11-27(18)22(28)19-8-6-16(12-20(19)23)17-7-9-21(24)25-13-17/h6-9,12-13,15,18H,2-5,10-11,14H2,1H3. The van der Waals surface area contributed by atoms with Gasteiger partial charge in [-0.25, -0.2) is 9.37 Å². The lowest BCUT2D eigenvalue weighted by Crippen LogP contribution is -2.44. The van der Waals surface area contributed by atoms with E-state index in [1.54, 1.807) is 12.1 Å². The van der Waals surface area contributed by atoms with E-state index in [2.05, 4.69) is 16.8 Å². The maximum atomic E-state index is 14.8. The average Bonchev–Trinajstić information content (AvgIpc) is 3.31. The third-order valence-corrected chi connectivity index (χ3v) is 6.03. The normalized spacial score (nSPS) is 22.8. The Hall–Kier alpha value is -2.34. The van der Waals surface area contributed by atoms with Crippen molar-refractivity contribution in [2.75, 3.05) is 19.6 Å². The number of hydrogen-bond acceptors (Lipinski definition) is 3. The summed E-state index contributed by atoms with van der Waals surface area (Å²) in [6.45, 7) is 4.86. The van der Waals surface area contributed by atoms with Gasteiger partial charge < -0.3 is 4.90 Å². The van der Waals surface area contributed by atoms with E-state index >= 15 is 0 Å².